The Morgan fingerprint density at radius 2 is 1.70 bits per heavy atom. The smallest absolute Gasteiger partial charge is 0.255 e. The fourth-order valence-corrected chi connectivity index (χ4v) is 3.49. The average Bonchev–Trinajstić information content (AvgIpc) is 2.97. The number of benzene rings is 3. The summed E-state index contributed by atoms with van der Waals surface area (Å²) in [7, 11) is 0. The molecule has 1 amide bonds. The summed E-state index contributed by atoms with van der Waals surface area (Å²) in [6.45, 7) is 2.27. The van der Waals surface area contributed by atoms with Crippen molar-refractivity contribution >= 4 is 29.0 Å². The van der Waals surface area contributed by atoms with Crippen LogP contribution in [0.4, 0.5) is 5.69 Å². The fraction of sp³-hybridized carbons (Fsp3) is 0.0909. The molecule has 27 heavy (non-hydrogen) atoms. The molecule has 0 unspecified atom stereocenters. The van der Waals surface area contributed by atoms with Gasteiger partial charge in [0.05, 0.1) is 17.3 Å². The molecule has 3 aromatic rings. The van der Waals surface area contributed by atoms with Crippen LogP contribution in [-0.4, -0.2) is 18.3 Å². The van der Waals surface area contributed by atoms with Crippen molar-refractivity contribution in [3.63, 3.8) is 0 Å². The minimum absolute atomic E-state index is 0.0620. The molecular weight excluding hydrogens is 362 g/mol. The zero-order valence-corrected chi connectivity index (χ0v) is 15.3. The van der Waals surface area contributed by atoms with E-state index in [9.17, 15) is 9.59 Å². The van der Waals surface area contributed by atoms with Crippen molar-refractivity contribution in [3.05, 3.63) is 82.4 Å². The maximum atomic E-state index is 12.7. The topological polar surface area (TPSA) is 55.4 Å². The standard InChI is InChI=1S/C22H16ClNO3/c1-2-27-21-18(23)8-5-9-19(21)24-22(26)13-10-11-15-14-6-3-4-7-16(14)20(25)17(15)12-13/h3-12H,2H2,1H3,(H,24,26). The maximum Gasteiger partial charge on any atom is 0.255 e. The number of rotatable bonds is 4. The van der Waals surface area contributed by atoms with E-state index in [0.717, 1.165) is 11.1 Å². The Labute approximate surface area is 161 Å². The first kappa shape index (κ1) is 17.3. The molecule has 0 spiro atoms. The Bertz CT molecular complexity index is 1070. The second-order valence-corrected chi connectivity index (χ2v) is 6.55. The summed E-state index contributed by atoms with van der Waals surface area (Å²) in [5.74, 6) is 0.0393. The van der Waals surface area contributed by atoms with E-state index in [0.29, 0.717) is 39.8 Å². The number of anilines is 1. The van der Waals surface area contributed by atoms with Crippen LogP contribution in [0.3, 0.4) is 0 Å². The van der Waals surface area contributed by atoms with E-state index in [1.807, 2.05) is 31.2 Å². The molecule has 0 saturated heterocycles. The molecule has 0 atom stereocenters. The molecule has 1 aliphatic carbocycles. The maximum absolute atomic E-state index is 12.7. The van der Waals surface area contributed by atoms with Crippen LogP contribution in [0.1, 0.15) is 33.2 Å². The molecule has 134 valence electrons. The van der Waals surface area contributed by atoms with Crippen LogP contribution < -0.4 is 10.1 Å². The van der Waals surface area contributed by atoms with Crippen molar-refractivity contribution in [1.29, 1.82) is 0 Å². The zero-order chi connectivity index (χ0) is 19.0. The molecule has 1 N–H and O–H groups in total. The molecule has 0 aliphatic heterocycles. The number of carbonyl (C=O) groups is 2. The highest BCUT2D eigenvalue weighted by atomic mass is 35.5. The largest absolute Gasteiger partial charge is 0.490 e. The lowest BCUT2D eigenvalue weighted by Gasteiger charge is -2.13. The van der Waals surface area contributed by atoms with Crippen LogP contribution >= 0.6 is 11.6 Å². The highest BCUT2D eigenvalue weighted by molar-refractivity contribution is 6.32. The molecule has 0 fully saturated rings. The fourth-order valence-electron chi connectivity index (χ4n) is 3.26. The summed E-state index contributed by atoms with van der Waals surface area (Å²) in [5, 5.41) is 3.25. The minimum Gasteiger partial charge on any atom is -0.490 e. The number of fused-ring (bicyclic) bond motifs is 3. The third kappa shape index (κ3) is 2.98. The lowest BCUT2D eigenvalue weighted by molar-refractivity contribution is 0.102. The van der Waals surface area contributed by atoms with Crippen LogP contribution in [0.15, 0.2) is 60.7 Å². The first-order valence-electron chi connectivity index (χ1n) is 8.61. The van der Waals surface area contributed by atoms with Gasteiger partial charge in [-0.3, -0.25) is 9.59 Å². The molecular formula is C22H16ClNO3. The molecule has 3 aromatic carbocycles. The number of para-hydroxylation sites is 1. The molecule has 0 aromatic heterocycles. The van der Waals surface area contributed by atoms with Gasteiger partial charge in [-0.1, -0.05) is 48.0 Å². The van der Waals surface area contributed by atoms with Gasteiger partial charge >= 0.3 is 0 Å². The molecule has 5 heteroatoms. The van der Waals surface area contributed by atoms with Crippen molar-refractivity contribution in [2.24, 2.45) is 0 Å². The van der Waals surface area contributed by atoms with Crippen LogP contribution in [0.25, 0.3) is 11.1 Å². The predicted octanol–water partition coefficient (Wildman–Crippen LogP) is 5.20. The van der Waals surface area contributed by atoms with Crippen molar-refractivity contribution < 1.29 is 14.3 Å². The van der Waals surface area contributed by atoms with E-state index in [1.54, 1.807) is 36.4 Å². The highest BCUT2D eigenvalue weighted by Crippen LogP contribution is 2.37. The van der Waals surface area contributed by atoms with E-state index in [-0.39, 0.29) is 11.7 Å². The van der Waals surface area contributed by atoms with Gasteiger partial charge in [-0.15, -0.1) is 0 Å². The third-order valence-electron chi connectivity index (χ3n) is 4.49. The number of hydrogen-bond acceptors (Lipinski definition) is 3. The van der Waals surface area contributed by atoms with Gasteiger partial charge in [-0.2, -0.15) is 0 Å². The van der Waals surface area contributed by atoms with Crippen LogP contribution in [0, 0.1) is 0 Å². The number of nitrogens with one attached hydrogen (secondary N) is 1. The Morgan fingerprint density at radius 1 is 0.963 bits per heavy atom. The Kier molecular flexibility index (Phi) is 4.42. The SMILES string of the molecule is CCOc1c(Cl)cccc1NC(=O)c1ccc2c(c1)C(=O)c1ccccc1-2. The van der Waals surface area contributed by atoms with Crippen molar-refractivity contribution in [3.8, 4) is 16.9 Å². The van der Waals surface area contributed by atoms with Crippen LogP contribution in [0.5, 0.6) is 5.75 Å². The van der Waals surface area contributed by atoms with Crippen molar-refractivity contribution in [1.82, 2.24) is 0 Å². The van der Waals surface area contributed by atoms with Gasteiger partial charge in [-0.25, -0.2) is 0 Å². The second-order valence-electron chi connectivity index (χ2n) is 6.14. The van der Waals surface area contributed by atoms with Gasteiger partial charge in [0.2, 0.25) is 0 Å². The number of hydrogen-bond donors (Lipinski definition) is 1. The first-order valence-corrected chi connectivity index (χ1v) is 8.98. The van der Waals surface area contributed by atoms with Gasteiger partial charge < -0.3 is 10.1 Å². The van der Waals surface area contributed by atoms with Crippen molar-refractivity contribution in [2.45, 2.75) is 6.92 Å². The Morgan fingerprint density at radius 3 is 2.48 bits per heavy atom. The Balaban J connectivity index is 1.66. The number of amides is 1. The van der Waals surface area contributed by atoms with Gasteiger partial charge in [0.1, 0.15) is 0 Å². The lowest BCUT2D eigenvalue weighted by atomic mass is 10.0. The van der Waals surface area contributed by atoms with Gasteiger partial charge in [0.15, 0.2) is 11.5 Å². The molecule has 0 saturated carbocycles. The minimum atomic E-state index is -0.329. The summed E-state index contributed by atoms with van der Waals surface area (Å²) in [6, 6.07) is 17.8. The summed E-state index contributed by atoms with van der Waals surface area (Å²) >= 11 is 6.16. The normalized spacial score (nSPS) is 11.7. The van der Waals surface area contributed by atoms with Crippen LogP contribution in [0.2, 0.25) is 5.02 Å². The second kappa shape index (κ2) is 6.89. The number of ether oxygens (including phenoxy) is 1. The number of ketones is 1. The molecule has 1 aliphatic rings. The van der Waals surface area contributed by atoms with E-state index in [1.165, 1.54) is 0 Å². The quantitative estimate of drug-likeness (QED) is 0.531. The van der Waals surface area contributed by atoms with Crippen LogP contribution in [-0.2, 0) is 0 Å². The lowest BCUT2D eigenvalue weighted by Crippen LogP contribution is -2.13. The number of halogens is 1. The van der Waals surface area contributed by atoms with E-state index in [2.05, 4.69) is 5.32 Å². The van der Waals surface area contributed by atoms with Crippen molar-refractivity contribution in [2.75, 3.05) is 11.9 Å². The van der Waals surface area contributed by atoms with Gasteiger partial charge in [0, 0.05) is 16.7 Å². The molecule has 0 radical (unpaired) electrons. The summed E-state index contributed by atoms with van der Waals surface area (Å²) < 4.78 is 5.54. The monoisotopic (exact) mass is 377 g/mol. The summed E-state index contributed by atoms with van der Waals surface area (Å²) in [4.78, 5) is 25.4. The van der Waals surface area contributed by atoms with E-state index >= 15 is 0 Å². The molecule has 4 nitrogen and oxygen atoms in total. The summed E-state index contributed by atoms with van der Waals surface area (Å²) in [6.07, 6.45) is 0. The molecule has 4 rings (SSSR count). The molecule has 0 heterocycles. The zero-order valence-electron chi connectivity index (χ0n) is 14.6. The van der Waals surface area contributed by atoms with E-state index < -0.39 is 0 Å². The van der Waals surface area contributed by atoms with E-state index in [4.69, 9.17) is 16.3 Å². The van der Waals surface area contributed by atoms with Gasteiger partial charge in [0.25, 0.3) is 5.91 Å². The molecule has 0 bridgehead atoms. The first-order chi connectivity index (χ1) is 13.1. The highest BCUT2D eigenvalue weighted by Gasteiger charge is 2.27. The summed E-state index contributed by atoms with van der Waals surface area (Å²) in [5.41, 5.74) is 3.85. The Hall–Kier alpha value is -3.11. The third-order valence-corrected chi connectivity index (χ3v) is 4.79. The average molecular weight is 378 g/mol. The predicted molar refractivity (Wildman–Crippen MR) is 106 cm³/mol. The number of carbonyl (C=O) groups excluding carboxylic acids is 2. The van der Waals surface area contributed by atoms with Gasteiger partial charge in [-0.05, 0) is 42.3 Å².